The van der Waals surface area contributed by atoms with Gasteiger partial charge in [0.1, 0.15) is 24.0 Å². The van der Waals surface area contributed by atoms with Crippen molar-refractivity contribution >= 4 is 39.4 Å². The van der Waals surface area contributed by atoms with Crippen LogP contribution in [0, 0.1) is 0 Å². The molecule has 5 rings (SSSR count). The van der Waals surface area contributed by atoms with Crippen LogP contribution >= 0.6 is 11.3 Å². The van der Waals surface area contributed by atoms with Gasteiger partial charge < -0.3 is 19.2 Å². The Morgan fingerprint density at radius 2 is 2.03 bits per heavy atom. The molecular weight excluding hydrogens is 482 g/mol. The standard InChI is InChI=1S/C26H23N3O6S/c1-33-18-10-9-17-12-19(24(31)35-22(17)13-18)20-15-36-25(27-20)28-23(30)21-8-5-11-29(21)26(32)34-14-16-6-3-2-4-7-16/h2-4,6-7,9-10,12-13,15,21H,5,8,11,14H2,1H3,(H,27,28,30). The van der Waals surface area contributed by atoms with Crippen molar-refractivity contribution in [3.05, 3.63) is 76.0 Å². The van der Waals surface area contributed by atoms with Crippen LogP contribution in [0.5, 0.6) is 5.75 Å². The summed E-state index contributed by atoms with van der Waals surface area (Å²) in [6, 6.07) is 15.6. The van der Waals surface area contributed by atoms with Crippen molar-refractivity contribution in [1.29, 1.82) is 0 Å². The molecule has 184 valence electrons. The summed E-state index contributed by atoms with van der Waals surface area (Å²) in [6.07, 6.45) is 0.703. The van der Waals surface area contributed by atoms with Gasteiger partial charge in [-0.25, -0.2) is 14.6 Å². The number of hydrogen-bond acceptors (Lipinski definition) is 8. The Bertz CT molecular complexity index is 1470. The fourth-order valence-corrected chi connectivity index (χ4v) is 4.81. The lowest BCUT2D eigenvalue weighted by molar-refractivity contribution is -0.120. The van der Waals surface area contributed by atoms with Crippen molar-refractivity contribution < 1.29 is 23.5 Å². The number of thiazole rings is 1. The van der Waals surface area contributed by atoms with E-state index < -0.39 is 17.8 Å². The van der Waals surface area contributed by atoms with Crippen LogP contribution in [0.25, 0.3) is 22.2 Å². The molecule has 36 heavy (non-hydrogen) atoms. The second-order valence-corrected chi connectivity index (χ2v) is 9.13. The molecule has 4 aromatic rings. The molecule has 1 aliphatic heterocycles. The van der Waals surface area contributed by atoms with E-state index in [-0.39, 0.29) is 18.1 Å². The van der Waals surface area contributed by atoms with Gasteiger partial charge in [0, 0.05) is 23.4 Å². The van der Waals surface area contributed by atoms with Crippen molar-refractivity contribution in [2.45, 2.75) is 25.5 Å². The summed E-state index contributed by atoms with van der Waals surface area (Å²) in [7, 11) is 1.54. The summed E-state index contributed by atoms with van der Waals surface area (Å²) in [5.74, 6) is 0.240. The molecule has 2 amide bonds. The molecule has 0 aliphatic carbocycles. The van der Waals surface area contributed by atoms with E-state index in [0.717, 1.165) is 10.9 Å². The van der Waals surface area contributed by atoms with Crippen LogP contribution < -0.4 is 15.7 Å². The van der Waals surface area contributed by atoms with Crippen molar-refractivity contribution in [3.8, 4) is 17.0 Å². The molecule has 1 atom stereocenters. The maximum atomic E-state index is 13.0. The molecule has 10 heteroatoms. The quantitative estimate of drug-likeness (QED) is 0.379. The summed E-state index contributed by atoms with van der Waals surface area (Å²) in [5.41, 5.74) is 1.43. The Kier molecular flexibility index (Phi) is 6.68. The van der Waals surface area contributed by atoms with Crippen LogP contribution in [0.4, 0.5) is 9.93 Å². The zero-order valence-corrected chi connectivity index (χ0v) is 20.2. The zero-order chi connectivity index (χ0) is 25.1. The first-order valence-electron chi connectivity index (χ1n) is 11.4. The van der Waals surface area contributed by atoms with E-state index in [9.17, 15) is 14.4 Å². The number of anilines is 1. The highest BCUT2D eigenvalue weighted by atomic mass is 32.1. The number of carbonyl (C=O) groups is 2. The summed E-state index contributed by atoms with van der Waals surface area (Å²) < 4.78 is 16.0. The monoisotopic (exact) mass is 505 g/mol. The number of amides is 2. The number of nitrogens with zero attached hydrogens (tertiary/aromatic N) is 2. The number of rotatable bonds is 6. The summed E-state index contributed by atoms with van der Waals surface area (Å²) in [6.45, 7) is 0.583. The van der Waals surface area contributed by atoms with Crippen LogP contribution in [-0.4, -0.2) is 41.6 Å². The molecule has 0 saturated carbocycles. The van der Waals surface area contributed by atoms with E-state index >= 15 is 0 Å². The first-order chi connectivity index (χ1) is 17.5. The molecule has 1 saturated heterocycles. The predicted molar refractivity (Wildman–Crippen MR) is 135 cm³/mol. The van der Waals surface area contributed by atoms with Crippen LogP contribution in [0.15, 0.2) is 69.2 Å². The first kappa shape index (κ1) is 23.6. The normalized spacial score (nSPS) is 15.1. The van der Waals surface area contributed by atoms with Gasteiger partial charge in [-0.1, -0.05) is 30.3 Å². The highest BCUT2D eigenvalue weighted by Crippen LogP contribution is 2.28. The number of nitrogens with one attached hydrogen (secondary N) is 1. The number of carbonyl (C=O) groups excluding carboxylic acids is 2. The number of likely N-dealkylation sites (tertiary alicyclic amines) is 1. The second-order valence-electron chi connectivity index (χ2n) is 8.27. The third kappa shape index (κ3) is 4.94. The lowest BCUT2D eigenvalue weighted by Gasteiger charge is -2.22. The van der Waals surface area contributed by atoms with Crippen LogP contribution in [0.2, 0.25) is 0 Å². The number of aromatic nitrogens is 1. The molecule has 0 spiro atoms. The van der Waals surface area contributed by atoms with E-state index in [1.54, 1.807) is 29.6 Å². The minimum Gasteiger partial charge on any atom is -0.497 e. The molecule has 2 aromatic heterocycles. The molecule has 1 fully saturated rings. The number of fused-ring (bicyclic) bond motifs is 1. The van der Waals surface area contributed by atoms with Gasteiger partial charge >= 0.3 is 11.7 Å². The van der Waals surface area contributed by atoms with Crippen molar-refractivity contribution in [2.24, 2.45) is 0 Å². The van der Waals surface area contributed by atoms with Crippen LogP contribution in [-0.2, 0) is 16.1 Å². The van der Waals surface area contributed by atoms with Gasteiger partial charge in [-0.3, -0.25) is 9.69 Å². The van der Waals surface area contributed by atoms with Gasteiger partial charge in [0.2, 0.25) is 5.91 Å². The van der Waals surface area contributed by atoms with E-state index in [0.29, 0.717) is 41.5 Å². The van der Waals surface area contributed by atoms with Crippen molar-refractivity contribution in [2.75, 3.05) is 19.0 Å². The van der Waals surface area contributed by atoms with Gasteiger partial charge in [-0.05, 0) is 36.6 Å². The summed E-state index contributed by atoms with van der Waals surface area (Å²) >= 11 is 1.19. The molecule has 1 aliphatic rings. The highest BCUT2D eigenvalue weighted by Gasteiger charge is 2.35. The predicted octanol–water partition coefficient (Wildman–Crippen LogP) is 4.66. The van der Waals surface area contributed by atoms with Crippen LogP contribution in [0.1, 0.15) is 18.4 Å². The third-order valence-corrected chi connectivity index (χ3v) is 6.71. The van der Waals surface area contributed by atoms with E-state index in [1.807, 2.05) is 30.3 Å². The molecule has 3 heterocycles. The van der Waals surface area contributed by atoms with Gasteiger partial charge in [-0.2, -0.15) is 0 Å². The Morgan fingerprint density at radius 1 is 1.19 bits per heavy atom. The number of hydrogen-bond donors (Lipinski definition) is 1. The topological polar surface area (TPSA) is 111 Å². The fraction of sp³-hybridized carbons (Fsp3) is 0.231. The molecule has 1 N–H and O–H groups in total. The van der Waals surface area contributed by atoms with Crippen molar-refractivity contribution in [1.82, 2.24) is 9.88 Å². The zero-order valence-electron chi connectivity index (χ0n) is 19.4. The minimum absolute atomic E-state index is 0.140. The minimum atomic E-state index is -0.652. The Morgan fingerprint density at radius 3 is 2.83 bits per heavy atom. The van der Waals surface area contributed by atoms with E-state index in [1.165, 1.54) is 23.3 Å². The maximum absolute atomic E-state index is 13.0. The van der Waals surface area contributed by atoms with Gasteiger partial charge in [0.05, 0.1) is 18.4 Å². The second kappa shape index (κ2) is 10.2. The molecule has 2 aromatic carbocycles. The van der Waals surface area contributed by atoms with Gasteiger partial charge in [-0.15, -0.1) is 11.3 Å². The maximum Gasteiger partial charge on any atom is 0.410 e. The average molecular weight is 506 g/mol. The third-order valence-electron chi connectivity index (χ3n) is 5.95. The molecule has 1 unspecified atom stereocenters. The SMILES string of the molecule is COc1ccc2cc(-c3csc(NC(=O)C4CCCN4C(=O)OCc4ccccc4)n3)c(=O)oc2c1. The number of benzene rings is 2. The van der Waals surface area contributed by atoms with Gasteiger partial charge in [0.15, 0.2) is 5.13 Å². The average Bonchev–Trinajstić information content (AvgIpc) is 3.57. The summed E-state index contributed by atoms with van der Waals surface area (Å²) in [5, 5.41) is 5.50. The Balaban J connectivity index is 1.26. The Hall–Kier alpha value is -4.18. The number of ether oxygens (including phenoxy) is 2. The molecule has 9 nitrogen and oxygen atoms in total. The van der Waals surface area contributed by atoms with E-state index in [4.69, 9.17) is 13.9 Å². The smallest absolute Gasteiger partial charge is 0.410 e. The van der Waals surface area contributed by atoms with Crippen LogP contribution in [0.3, 0.4) is 0 Å². The molecular formula is C26H23N3O6S. The lowest BCUT2D eigenvalue weighted by atomic mass is 10.1. The summed E-state index contributed by atoms with van der Waals surface area (Å²) in [4.78, 5) is 44.0. The molecule has 0 radical (unpaired) electrons. The lowest BCUT2D eigenvalue weighted by Crippen LogP contribution is -2.43. The Labute approximate surface area is 210 Å². The van der Waals surface area contributed by atoms with Crippen molar-refractivity contribution in [3.63, 3.8) is 0 Å². The fourth-order valence-electron chi connectivity index (χ4n) is 4.10. The van der Waals surface area contributed by atoms with Gasteiger partial charge in [0.25, 0.3) is 0 Å². The molecule has 0 bridgehead atoms. The largest absolute Gasteiger partial charge is 0.497 e. The highest BCUT2D eigenvalue weighted by molar-refractivity contribution is 7.14. The van der Waals surface area contributed by atoms with E-state index in [2.05, 4.69) is 10.3 Å². The first-order valence-corrected chi connectivity index (χ1v) is 12.3. The number of methoxy groups -OCH3 is 1.